The Morgan fingerprint density at radius 2 is 2.04 bits per heavy atom. The largest absolute Gasteiger partial charge is 0.494 e. The average molecular weight is 347 g/mol. The molecule has 1 unspecified atom stereocenters. The number of halogens is 1. The zero-order valence-corrected chi connectivity index (χ0v) is 14.1. The molecule has 1 aliphatic rings. The van der Waals surface area contributed by atoms with Gasteiger partial charge in [-0.2, -0.15) is 0 Å². The molecule has 1 aromatic carbocycles. The van der Waals surface area contributed by atoms with Crippen molar-refractivity contribution < 1.29 is 27.0 Å². The van der Waals surface area contributed by atoms with E-state index in [1.54, 1.807) is 0 Å². The van der Waals surface area contributed by atoms with E-state index >= 15 is 0 Å². The highest BCUT2D eigenvalue weighted by atomic mass is 32.2. The number of anilines is 1. The molecule has 1 aromatic rings. The lowest BCUT2D eigenvalue weighted by Crippen LogP contribution is -2.36. The van der Waals surface area contributed by atoms with Crippen molar-refractivity contribution in [1.29, 1.82) is 0 Å². The Morgan fingerprint density at radius 3 is 2.65 bits per heavy atom. The molecule has 1 atom stereocenters. The molecule has 2 rings (SSSR count). The van der Waals surface area contributed by atoms with Crippen LogP contribution in [0.1, 0.15) is 12.8 Å². The number of hydrogen-bond donors (Lipinski definition) is 1. The number of nitrogens with one attached hydrogen (secondary N) is 1. The third-order valence-corrected chi connectivity index (χ3v) is 5.21. The maximum absolute atomic E-state index is 13.2. The Balaban J connectivity index is 2.08. The van der Waals surface area contributed by atoms with E-state index in [4.69, 9.17) is 14.2 Å². The Labute approximate surface area is 136 Å². The summed E-state index contributed by atoms with van der Waals surface area (Å²) in [5, 5.41) is 0. The van der Waals surface area contributed by atoms with Gasteiger partial charge in [0, 0.05) is 26.4 Å². The molecule has 0 spiro atoms. The highest BCUT2D eigenvalue weighted by Crippen LogP contribution is 2.27. The summed E-state index contributed by atoms with van der Waals surface area (Å²) >= 11 is 0. The van der Waals surface area contributed by atoms with Crippen LogP contribution in [0.2, 0.25) is 0 Å². The highest BCUT2D eigenvalue weighted by molar-refractivity contribution is 7.92. The van der Waals surface area contributed by atoms with Crippen molar-refractivity contribution in [2.45, 2.75) is 18.9 Å². The monoisotopic (exact) mass is 347 g/mol. The van der Waals surface area contributed by atoms with Gasteiger partial charge in [0.1, 0.15) is 11.6 Å². The van der Waals surface area contributed by atoms with E-state index in [1.807, 2.05) is 0 Å². The number of methoxy groups -OCH3 is 2. The van der Waals surface area contributed by atoms with Crippen molar-refractivity contribution in [2.24, 2.45) is 5.92 Å². The molecule has 0 radical (unpaired) electrons. The second-order valence-electron chi connectivity index (χ2n) is 5.45. The molecule has 6 nitrogen and oxygen atoms in total. The Kier molecular flexibility index (Phi) is 6.20. The van der Waals surface area contributed by atoms with E-state index in [2.05, 4.69) is 4.72 Å². The van der Waals surface area contributed by atoms with Gasteiger partial charge in [0.25, 0.3) is 0 Å². The summed E-state index contributed by atoms with van der Waals surface area (Å²) in [4.78, 5) is 0. The highest BCUT2D eigenvalue weighted by Gasteiger charge is 2.29. The standard InChI is InChI=1S/C15H22FNO5S/c1-20-14-9-12(16)3-4-13(14)17-23(18,19)10-15(21-2)11-5-7-22-8-6-11/h3-4,9,11,15,17H,5-8,10H2,1-2H3. The zero-order chi connectivity index (χ0) is 16.9. The third-order valence-electron chi connectivity index (χ3n) is 3.91. The lowest BCUT2D eigenvalue weighted by atomic mass is 9.95. The van der Waals surface area contributed by atoms with Gasteiger partial charge >= 0.3 is 0 Å². The summed E-state index contributed by atoms with van der Waals surface area (Å²) in [6.07, 6.45) is 1.13. The van der Waals surface area contributed by atoms with Gasteiger partial charge in [-0.15, -0.1) is 0 Å². The average Bonchev–Trinajstić information content (AvgIpc) is 2.55. The van der Waals surface area contributed by atoms with Crippen LogP contribution in [-0.2, 0) is 19.5 Å². The maximum atomic E-state index is 13.2. The van der Waals surface area contributed by atoms with Crippen molar-refractivity contribution >= 4 is 15.7 Å². The molecule has 1 aliphatic heterocycles. The molecule has 0 saturated carbocycles. The van der Waals surface area contributed by atoms with Crippen molar-refractivity contribution in [3.05, 3.63) is 24.0 Å². The molecule has 8 heteroatoms. The lowest BCUT2D eigenvalue weighted by Gasteiger charge is -2.29. The smallest absolute Gasteiger partial charge is 0.235 e. The summed E-state index contributed by atoms with van der Waals surface area (Å²) in [7, 11) is -0.797. The van der Waals surface area contributed by atoms with E-state index in [1.165, 1.54) is 26.4 Å². The Hall–Kier alpha value is -1.38. The summed E-state index contributed by atoms with van der Waals surface area (Å²) in [5.41, 5.74) is 0.204. The third kappa shape index (κ3) is 5.05. The van der Waals surface area contributed by atoms with Crippen molar-refractivity contribution in [2.75, 3.05) is 37.9 Å². The van der Waals surface area contributed by atoms with Gasteiger partial charge in [0.05, 0.1) is 24.7 Å². The van der Waals surface area contributed by atoms with Crippen LogP contribution in [0.3, 0.4) is 0 Å². The minimum absolute atomic E-state index is 0.133. The van der Waals surface area contributed by atoms with Crippen LogP contribution in [0.5, 0.6) is 5.75 Å². The van der Waals surface area contributed by atoms with Crippen LogP contribution in [-0.4, -0.2) is 47.7 Å². The van der Waals surface area contributed by atoms with E-state index in [0.29, 0.717) is 13.2 Å². The quantitative estimate of drug-likeness (QED) is 0.817. The lowest BCUT2D eigenvalue weighted by molar-refractivity contribution is -0.00318. The van der Waals surface area contributed by atoms with Gasteiger partial charge in [-0.3, -0.25) is 4.72 Å². The van der Waals surface area contributed by atoms with Crippen molar-refractivity contribution in [3.63, 3.8) is 0 Å². The minimum Gasteiger partial charge on any atom is -0.494 e. The number of benzene rings is 1. The number of ether oxygens (including phenoxy) is 3. The molecular weight excluding hydrogens is 325 g/mol. The summed E-state index contributed by atoms with van der Waals surface area (Å²) < 4.78 is 56.1. The zero-order valence-electron chi connectivity index (χ0n) is 13.2. The molecule has 1 saturated heterocycles. The van der Waals surface area contributed by atoms with Crippen LogP contribution >= 0.6 is 0 Å². The molecule has 1 fully saturated rings. The fraction of sp³-hybridized carbons (Fsp3) is 0.600. The first kappa shape index (κ1) is 18.0. The number of rotatable bonds is 7. The first-order chi connectivity index (χ1) is 10.9. The van der Waals surface area contributed by atoms with E-state index in [0.717, 1.165) is 18.9 Å². The van der Waals surface area contributed by atoms with Gasteiger partial charge in [0.15, 0.2) is 0 Å². The first-order valence-corrected chi connectivity index (χ1v) is 9.05. The van der Waals surface area contributed by atoms with Crippen LogP contribution < -0.4 is 9.46 Å². The van der Waals surface area contributed by atoms with Crippen LogP contribution in [0.15, 0.2) is 18.2 Å². The predicted molar refractivity (Wildman–Crippen MR) is 84.7 cm³/mol. The van der Waals surface area contributed by atoms with Crippen molar-refractivity contribution in [3.8, 4) is 5.75 Å². The topological polar surface area (TPSA) is 73.9 Å². The maximum Gasteiger partial charge on any atom is 0.235 e. The fourth-order valence-electron chi connectivity index (χ4n) is 2.66. The van der Waals surface area contributed by atoms with Crippen LogP contribution in [0.4, 0.5) is 10.1 Å². The molecule has 1 N–H and O–H groups in total. The van der Waals surface area contributed by atoms with E-state index < -0.39 is 21.9 Å². The SMILES string of the molecule is COc1cc(F)ccc1NS(=O)(=O)CC(OC)C1CCOCC1. The minimum atomic E-state index is -3.66. The van der Waals surface area contributed by atoms with Gasteiger partial charge in [-0.05, 0) is 30.9 Å². The number of sulfonamides is 1. The molecular formula is C15H22FNO5S. The van der Waals surface area contributed by atoms with E-state index in [9.17, 15) is 12.8 Å². The summed E-state index contributed by atoms with van der Waals surface area (Å²) in [5.74, 6) is -0.398. The Morgan fingerprint density at radius 1 is 1.35 bits per heavy atom. The van der Waals surface area contributed by atoms with Crippen molar-refractivity contribution in [1.82, 2.24) is 0 Å². The number of hydrogen-bond acceptors (Lipinski definition) is 5. The molecule has 23 heavy (non-hydrogen) atoms. The normalized spacial score (nSPS) is 17.7. The fourth-order valence-corrected chi connectivity index (χ4v) is 4.09. The molecule has 1 heterocycles. The van der Waals surface area contributed by atoms with Crippen LogP contribution in [0, 0.1) is 11.7 Å². The van der Waals surface area contributed by atoms with Gasteiger partial charge in [-0.25, -0.2) is 12.8 Å². The molecule has 130 valence electrons. The predicted octanol–water partition coefficient (Wildman–Crippen LogP) is 2.02. The Bertz CT molecular complexity index is 616. The second kappa shape index (κ2) is 7.94. The van der Waals surface area contributed by atoms with Gasteiger partial charge in [-0.1, -0.05) is 0 Å². The molecule has 0 amide bonds. The molecule has 0 aromatic heterocycles. The molecule has 0 bridgehead atoms. The van der Waals surface area contributed by atoms with Gasteiger partial charge < -0.3 is 14.2 Å². The van der Waals surface area contributed by atoms with E-state index in [-0.39, 0.29) is 23.1 Å². The summed E-state index contributed by atoms with van der Waals surface area (Å²) in [6.45, 7) is 1.23. The second-order valence-corrected chi connectivity index (χ2v) is 7.22. The first-order valence-electron chi connectivity index (χ1n) is 7.39. The van der Waals surface area contributed by atoms with Gasteiger partial charge in [0.2, 0.25) is 10.0 Å². The summed E-state index contributed by atoms with van der Waals surface area (Å²) in [6, 6.07) is 3.64. The van der Waals surface area contributed by atoms with Crippen LogP contribution in [0.25, 0.3) is 0 Å². The molecule has 0 aliphatic carbocycles.